The predicted molar refractivity (Wildman–Crippen MR) is 137 cm³/mol. The second kappa shape index (κ2) is 12.1. The Kier molecular flexibility index (Phi) is 8.47. The smallest absolute Gasteiger partial charge is 0.259 e. The van der Waals surface area contributed by atoms with Gasteiger partial charge in [0.15, 0.2) is 0 Å². The van der Waals surface area contributed by atoms with Gasteiger partial charge in [0, 0.05) is 29.3 Å². The van der Waals surface area contributed by atoms with Crippen molar-refractivity contribution in [1.82, 2.24) is 15.1 Å². The van der Waals surface area contributed by atoms with Gasteiger partial charge in [0.05, 0.1) is 30.3 Å². The van der Waals surface area contributed by atoms with Crippen molar-refractivity contribution in [3.8, 4) is 17.9 Å². The maximum atomic E-state index is 14.0. The van der Waals surface area contributed by atoms with Gasteiger partial charge in [-0.05, 0) is 36.6 Å². The summed E-state index contributed by atoms with van der Waals surface area (Å²) >= 11 is 1.32. The van der Waals surface area contributed by atoms with E-state index in [2.05, 4.69) is 40.2 Å². The minimum absolute atomic E-state index is 0.0732. The number of nitrogens with one attached hydrogen (secondary N) is 2. The van der Waals surface area contributed by atoms with Crippen LogP contribution in [0.25, 0.3) is 0 Å². The number of hydrogen-bond acceptors (Lipinski definition) is 6. The van der Waals surface area contributed by atoms with Crippen molar-refractivity contribution in [2.45, 2.75) is 31.9 Å². The van der Waals surface area contributed by atoms with Crippen LogP contribution in [0, 0.1) is 29.0 Å². The zero-order valence-electron chi connectivity index (χ0n) is 19.9. The summed E-state index contributed by atoms with van der Waals surface area (Å²) in [5.41, 5.74) is 1.64. The Hall–Kier alpha value is -4.25. The Morgan fingerprint density at radius 3 is 2.89 bits per heavy atom. The first-order chi connectivity index (χ1) is 18.0. The maximum absolute atomic E-state index is 14.0. The lowest BCUT2D eigenvalue weighted by molar-refractivity contribution is -0.117. The second-order valence-electron chi connectivity index (χ2n) is 8.27. The van der Waals surface area contributed by atoms with Gasteiger partial charge in [-0.1, -0.05) is 30.6 Å². The molecule has 2 amide bonds. The molecule has 0 radical (unpaired) electrons. The number of carbonyl (C=O) groups excluding carboxylic acids is 2. The molecule has 2 aromatic heterocycles. The minimum Gasteiger partial charge on any atom is -0.365 e. The number of amides is 2. The maximum Gasteiger partial charge on any atom is 0.259 e. The summed E-state index contributed by atoms with van der Waals surface area (Å²) in [7, 11) is 0. The molecule has 2 N–H and O–H groups in total. The summed E-state index contributed by atoms with van der Waals surface area (Å²) in [5, 5.41) is 19.5. The van der Waals surface area contributed by atoms with Gasteiger partial charge < -0.3 is 15.4 Å². The fraction of sp³-hybridized carbons (Fsp3) is 0.259. The van der Waals surface area contributed by atoms with Gasteiger partial charge in [-0.15, -0.1) is 11.3 Å². The summed E-state index contributed by atoms with van der Waals surface area (Å²) in [6, 6.07) is 9.67. The average molecular weight is 518 g/mol. The van der Waals surface area contributed by atoms with Gasteiger partial charge in [-0.2, -0.15) is 10.4 Å². The number of ether oxygens (including phenoxy) is 1. The van der Waals surface area contributed by atoms with E-state index in [-0.39, 0.29) is 30.7 Å². The molecule has 37 heavy (non-hydrogen) atoms. The largest absolute Gasteiger partial charge is 0.365 e. The number of nitrogens with zero attached hydrogens (tertiary/aromatic N) is 3. The monoisotopic (exact) mass is 517 g/mol. The zero-order chi connectivity index (χ0) is 26.2. The number of benzene rings is 1. The molecule has 3 aromatic rings. The molecule has 10 heteroatoms. The van der Waals surface area contributed by atoms with Crippen LogP contribution in [0.4, 0.5) is 9.39 Å². The molecule has 2 heterocycles. The van der Waals surface area contributed by atoms with Crippen LogP contribution in [-0.4, -0.2) is 40.9 Å². The Balaban J connectivity index is 1.26. The number of hydrogen-bond donors (Lipinski definition) is 2. The summed E-state index contributed by atoms with van der Waals surface area (Å²) in [6.45, 7) is 4.46. The van der Waals surface area contributed by atoms with Crippen molar-refractivity contribution in [2.75, 3.05) is 18.5 Å². The zero-order valence-corrected chi connectivity index (χ0v) is 20.7. The van der Waals surface area contributed by atoms with E-state index in [0.29, 0.717) is 41.9 Å². The summed E-state index contributed by atoms with van der Waals surface area (Å²) in [4.78, 5) is 25.6. The van der Waals surface area contributed by atoms with Gasteiger partial charge >= 0.3 is 0 Å². The van der Waals surface area contributed by atoms with Crippen LogP contribution in [0.1, 0.15) is 32.8 Å². The van der Waals surface area contributed by atoms with Crippen molar-refractivity contribution < 1.29 is 18.7 Å². The van der Waals surface area contributed by atoms with E-state index in [1.54, 1.807) is 29.2 Å². The Bertz CT molecular complexity index is 1410. The molecule has 8 nitrogen and oxygen atoms in total. The summed E-state index contributed by atoms with van der Waals surface area (Å²) < 4.78 is 21.5. The van der Waals surface area contributed by atoms with E-state index in [1.807, 2.05) is 0 Å². The molecule has 0 bridgehead atoms. The van der Waals surface area contributed by atoms with Gasteiger partial charge in [0.25, 0.3) is 5.91 Å². The lowest BCUT2D eigenvalue weighted by atomic mass is 9.94. The fourth-order valence-electron chi connectivity index (χ4n) is 3.90. The highest BCUT2D eigenvalue weighted by atomic mass is 32.1. The van der Waals surface area contributed by atoms with Crippen LogP contribution in [0.2, 0.25) is 0 Å². The highest BCUT2D eigenvalue weighted by Gasteiger charge is 2.27. The number of fused-ring (bicyclic) bond motifs is 1. The first kappa shape index (κ1) is 25.8. The summed E-state index contributed by atoms with van der Waals surface area (Å²) in [6.07, 6.45) is 5.25. The first-order valence-corrected chi connectivity index (χ1v) is 12.4. The quantitative estimate of drug-likeness (QED) is 0.351. The number of halogens is 1. The normalized spacial score (nSPS) is 14.0. The van der Waals surface area contributed by atoms with E-state index in [4.69, 9.17) is 4.74 Å². The van der Waals surface area contributed by atoms with Gasteiger partial charge in [0.2, 0.25) is 5.91 Å². The van der Waals surface area contributed by atoms with Gasteiger partial charge in [-0.25, -0.2) is 4.39 Å². The topological polar surface area (TPSA) is 109 Å². The minimum atomic E-state index is -0.617. The Morgan fingerprint density at radius 2 is 2.14 bits per heavy atom. The number of rotatable bonds is 8. The van der Waals surface area contributed by atoms with E-state index in [9.17, 15) is 19.2 Å². The number of carbonyl (C=O) groups is 2. The molecule has 0 aliphatic heterocycles. The third kappa shape index (κ3) is 6.50. The van der Waals surface area contributed by atoms with Gasteiger partial charge in [-0.3, -0.25) is 14.3 Å². The number of aromatic nitrogens is 2. The number of nitriles is 1. The van der Waals surface area contributed by atoms with Crippen LogP contribution in [0.3, 0.4) is 0 Å². The standard InChI is InChI=1S/C27H24FN5O3S/c1-18(17-33-13-6-12-31-33)25(34)30-11-4-5-14-36-19-9-10-20-22(16-29)27(37-24(20)15-19)32-26(35)21-7-2-3-8-23(21)28/h2-3,6-8,12-13,19H,1,9-11,14-15,17H2,(H,30,34)(H,32,35). The van der Waals surface area contributed by atoms with Crippen molar-refractivity contribution in [2.24, 2.45) is 0 Å². The van der Waals surface area contributed by atoms with Crippen LogP contribution >= 0.6 is 11.3 Å². The predicted octanol–water partition coefficient (Wildman–Crippen LogP) is 3.46. The van der Waals surface area contributed by atoms with Crippen LogP contribution < -0.4 is 10.6 Å². The summed E-state index contributed by atoms with van der Waals surface area (Å²) in [5.74, 6) is 4.27. The number of thiophene rings is 1. The highest BCUT2D eigenvalue weighted by Crippen LogP contribution is 2.38. The molecule has 1 unspecified atom stereocenters. The molecule has 0 saturated heterocycles. The average Bonchev–Trinajstić information content (AvgIpc) is 3.52. The Morgan fingerprint density at radius 1 is 1.30 bits per heavy atom. The molecule has 1 aromatic carbocycles. The highest BCUT2D eigenvalue weighted by molar-refractivity contribution is 7.16. The van der Waals surface area contributed by atoms with Crippen molar-refractivity contribution in [1.29, 1.82) is 5.26 Å². The van der Waals surface area contributed by atoms with E-state index >= 15 is 0 Å². The lowest BCUT2D eigenvalue weighted by Gasteiger charge is -2.21. The van der Waals surface area contributed by atoms with Crippen molar-refractivity contribution in [3.05, 3.63) is 82.3 Å². The molecular weight excluding hydrogens is 493 g/mol. The third-order valence-corrected chi connectivity index (χ3v) is 6.93. The SMILES string of the molecule is C=C(Cn1cccn1)C(=O)NCC#CCOC1CCc2c(sc(NC(=O)c3ccccc3F)c2C#N)C1. The number of anilines is 1. The molecule has 1 aliphatic rings. The molecule has 0 fully saturated rings. The Labute approximate surface area is 217 Å². The van der Waals surface area contributed by atoms with E-state index in [1.165, 1.54) is 29.5 Å². The van der Waals surface area contributed by atoms with E-state index in [0.717, 1.165) is 10.4 Å². The van der Waals surface area contributed by atoms with E-state index < -0.39 is 11.7 Å². The second-order valence-corrected chi connectivity index (χ2v) is 9.38. The molecule has 188 valence electrons. The third-order valence-electron chi connectivity index (χ3n) is 5.76. The molecule has 0 spiro atoms. The molecular formula is C27H24FN5O3S. The van der Waals surface area contributed by atoms with Crippen LogP contribution in [-0.2, 0) is 28.9 Å². The lowest BCUT2D eigenvalue weighted by Crippen LogP contribution is -2.27. The van der Waals surface area contributed by atoms with Gasteiger partial charge in [0.1, 0.15) is 23.5 Å². The molecule has 1 aliphatic carbocycles. The van der Waals surface area contributed by atoms with Crippen molar-refractivity contribution >= 4 is 28.2 Å². The van der Waals surface area contributed by atoms with Crippen molar-refractivity contribution in [3.63, 3.8) is 0 Å². The van der Waals surface area contributed by atoms with Crippen LogP contribution in [0.5, 0.6) is 0 Å². The van der Waals surface area contributed by atoms with Crippen LogP contribution in [0.15, 0.2) is 54.9 Å². The first-order valence-electron chi connectivity index (χ1n) is 11.6. The molecule has 4 rings (SSSR count). The molecule has 0 saturated carbocycles. The fourth-order valence-corrected chi connectivity index (χ4v) is 5.16. The molecule has 1 atom stereocenters.